The first-order valence-corrected chi connectivity index (χ1v) is 15.5. The fourth-order valence-corrected chi connectivity index (χ4v) is 7.29. The molecule has 2 amide bonds. The van der Waals surface area contributed by atoms with Crippen molar-refractivity contribution in [3.05, 3.63) is 69.5 Å². The van der Waals surface area contributed by atoms with Crippen LogP contribution in [0.1, 0.15) is 58.7 Å². The number of amidine groups is 1. The number of nitrogens with zero attached hydrogens (tertiary/aromatic N) is 4. The highest BCUT2D eigenvalue weighted by atomic mass is 32.2. The molecule has 2 aromatic heterocycles. The number of rotatable bonds is 8. The fraction of sp³-hybridized carbons (Fsp3) is 0.367. The zero-order valence-corrected chi connectivity index (χ0v) is 25.2. The van der Waals surface area contributed by atoms with Crippen molar-refractivity contribution in [1.29, 1.82) is 0 Å². The SMILES string of the molecule is CCOC(=O)c1c(NC(=O)CSC2=N/C(=C/c3cn(C)nc3C)C(=O)N2c2ccccc2)sc2c1CC[C@H](CC)C2. The minimum Gasteiger partial charge on any atom is -0.462 e. The lowest BCUT2D eigenvalue weighted by Gasteiger charge is -2.20. The van der Waals surface area contributed by atoms with E-state index in [4.69, 9.17) is 4.74 Å². The van der Waals surface area contributed by atoms with Crippen molar-refractivity contribution in [2.75, 3.05) is 22.6 Å². The van der Waals surface area contributed by atoms with Crippen LogP contribution in [0, 0.1) is 12.8 Å². The monoisotopic (exact) mass is 591 g/mol. The van der Waals surface area contributed by atoms with Gasteiger partial charge in [-0.3, -0.25) is 19.2 Å². The number of carbonyl (C=O) groups excluding carboxylic acids is 3. The van der Waals surface area contributed by atoms with Gasteiger partial charge in [0.2, 0.25) is 5.91 Å². The average Bonchev–Trinajstić information content (AvgIpc) is 3.58. The van der Waals surface area contributed by atoms with E-state index in [0.717, 1.165) is 47.4 Å². The van der Waals surface area contributed by atoms with Crippen LogP contribution in [0.2, 0.25) is 0 Å². The lowest BCUT2D eigenvalue weighted by atomic mass is 9.85. The molecule has 1 aliphatic carbocycles. The molecule has 5 rings (SSSR count). The molecule has 0 saturated carbocycles. The number of aromatic nitrogens is 2. The molecule has 41 heavy (non-hydrogen) atoms. The first-order chi connectivity index (χ1) is 19.8. The van der Waals surface area contributed by atoms with E-state index >= 15 is 0 Å². The molecule has 1 N–H and O–H groups in total. The Morgan fingerprint density at radius 3 is 2.71 bits per heavy atom. The Kier molecular flexibility index (Phi) is 8.74. The number of carbonyl (C=O) groups is 3. The Bertz CT molecular complexity index is 1540. The molecule has 1 aliphatic heterocycles. The molecule has 214 valence electrons. The maximum atomic E-state index is 13.5. The number of hydrogen-bond acceptors (Lipinski definition) is 8. The van der Waals surface area contributed by atoms with E-state index in [1.54, 1.807) is 17.7 Å². The topological polar surface area (TPSA) is 106 Å². The fourth-order valence-electron chi connectivity index (χ4n) is 5.11. The number of hydrogen-bond donors (Lipinski definition) is 1. The molecule has 3 heterocycles. The van der Waals surface area contributed by atoms with Gasteiger partial charge in [0.1, 0.15) is 10.7 Å². The number of aryl methyl sites for hydroxylation is 2. The summed E-state index contributed by atoms with van der Waals surface area (Å²) in [5.41, 5.74) is 4.01. The molecule has 1 atom stereocenters. The number of aliphatic imine (C=N–C) groups is 1. The first-order valence-electron chi connectivity index (χ1n) is 13.7. The number of fused-ring (bicyclic) bond motifs is 1. The van der Waals surface area contributed by atoms with Gasteiger partial charge in [0.15, 0.2) is 5.17 Å². The Balaban J connectivity index is 1.37. The van der Waals surface area contributed by atoms with E-state index in [2.05, 4.69) is 22.3 Å². The minimum atomic E-state index is -0.399. The van der Waals surface area contributed by atoms with Crippen LogP contribution in [0.5, 0.6) is 0 Å². The van der Waals surface area contributed by atoms with Crippen LogP contribution in [0.3, 0.4) is 0 Å². The van der Waals surface area contributed by atoms with Gasteiger partial charge in [-0.05, 0) is 62.8 Å². The van der Waals surface area contributed by atoms with Gasteiger partial charge in [0.25, 0.3) is 5.91 Å². The molecule has 0 unspecified atom stereocenters. The highest BCUT2D eigenvalue weighted by Gasteiger charge is 2.33. The number of thioether (sulfide) groups is 1. The van der Waals surface area contributed by atoms with Crippen LogP contribution < -0.4 is 10.2 Å². The van der Waals surface area contributed by atoms with Crippen LogP contribution in [-0.4, -0.2) is 45.1 Å². The number of benzene rings is 1. The highest BCUT2D eigenvalue weighted by molar-refractivity contribution is 8.14. The number of anilines is 2. The lowest BCUT2D eigenvalue weighted by Crippen LogP contribution is -2.31. The molecule has 2 aliphatic rings. The van der Waals surface area contributed by atoms with Gasteiger partial charge in [-0.2, -0.15) is 5.10 Å². The Labute approximate surface area is 247 Å². The Morgan fingerprint density at radius 1 is 1.24 bits per heavy atom. The smallest absolute Gasteiger partial charge is 0.341 e. The highest BCUT2D eigenvalue weighted by Crippen LogP contribution is 2.41. The zero-order valence-electron chi connectivity index (χ0n) is 23.6. The molecular formula is C30H33N5O4S2. The number of para-hydroxylation sites is 1. The van der Waals surface area contributed by atoms with Crippen LogP contribution in [0.25, 0.3) is 6.08 Å². The standard InChI is InChI=1S/C30H33N5O4S2/c1-5-19-12-13-22-24(14-19)41-27(26(22)29(38)39-6-2)32-25(36)17-40-30-31-23(15-20-16-34(4)33-18(20)3)28(37)35(30)21-10-8-7-9-11-21/h7-11,15-16,19H,5-6,12-14,17H2,1-4H3,(H,32,36)/b23-15+/t19-/m0/s1. The van der Waals surface area contributed by atoms with Crippen molar-refractivity contribution >= 4 is 62.8 Å². The number of thiophene rings is 1. The Hall–Kier alpha value is -3.70. The Morgan fingerprint density at radius 2 is 2.02 bits per heavy atom. The summed E-state index contributed by atoms with van der Waals surface area (Å²) in [6.07, 6.45) is 7.37. The molecule has 0 fully saturated rings. The third kappa shape index (κ3) is 6.15. The molecule has 9 nitrogen and oxygen atoms in total. The quantitative estimate of drug-likeness (QED) is 0.270. The zero-order chi connectivity index (χ0) is 29.1. The van der Waals surface area contributed by atoms with E-state index in [1.165, 1.54) is 28.0 Å². The van der Waals surface area contributed by atoms with Crippen molar-refractivity contribution in [3.8, 4) is 0 Å². The second-order valence-electron chi connectivity index (χ2n) is 10.0. The van der Waals surface area contributed by atoms with Crippen molar-refractivity contribution in [1.82, 2.24) is 9.78 Å². The lowest BCUT2D eigenvalue weighted by molar-refractivity contribution is -0.114. The van der Waals surface area contributed by atoms with Gasteiger partial charge in [-0.1, -0.05) is 43.3 Å². The molecule has 0 bridgehead atoms. The number of esters is 1. The van der Waals surface area contributed by atoms with Crippen LogP contribution >= 0.6 is 23.1 Å². The molecule has 3 aromatic rings. The van der Waals surface area contributed by atoms with Gasteiger partial charge in [-0.25, -0.2) is 9.79 Å². The molecule has 0 spiro atoms. The van der Waals surface area contributed by atoms with Crippen LogP contribution in [0.15, 0.2) is 47.2 Å². The predicted octanol–water partition coefficient (Wildman–Crippen LogP) is 5.60. The van der Waals surface area contributed by atoms with Crippen molar-refractivity contribution in [2.24, 2.45) is 18.0 Å². The second-order valence-corrected chi connectivity index (χ2v) is 12.1. The molecule has 0 saturated heterocycles. The average molecular weight is 592 g/mol. The van der Waals surface area contributed by atoms with E-state index < -0.39 is 5.97 Å². The summed E-state index contributed by atoms with van der Waals surface area (Å²) >= 11 is 2.65. The minimum absolute atomic E-state index is 0.0110. The van der Waals surface area contributed by atoms with Crippen molar-refractivity contribution in [2.45, 2.75) is 46.5 Å². The van der Waals surface area contributed by atoms with E-state index in [0.29, 0.717) is 27.3 Å². The van der Waals surface area contributed by atoms with Gasteiger partial charge < -0.3 is 10.1 Å². The van der Waals surface area contributed by atoms with E-state index in [1.807, 2.05) is 50.5 Å². The summed E-state index contributed by atoms with van der Waals surface area (Å²) in [5.74, 6) is -0.366. The largest absolute Gasteiger partial charge is 0.462 e. The first kappa shape index (κ1) is 28.8. The summed E-state index contributed by atoms with van der Waals surface area (Å²) in [6, 6.07) is 9.24. The van der Waals surface area contributed by atoms with E-state index in [-0.39, 0.29) is 29.9 Å². The summed E-state index contributed by atoms with van der Waals surface area (Å²) in [6.45, 7) is 6.10. The van der Waals surface area contributed by atoms with Gasteiger partial charge in [0.05, 0.1) is 29.3 Å². The molecule has 11 heteroatoms. The van der Waals surface area contributed by atoms with Gasteiger partial charge >= 0.3 is 5.97 Å². The van der Waals surface area contributed by atoms with Crippen molar-refractivity contribution < 1.29 is 19.1 Å². The summed E-state index contributed by atoms with van der Waals surface area (Å²) < 4.78 is 7.04. The normalized spacial score (nSPS) is 17.5. The van der Waals surface area contributed by atoms with Crippen LogP contribution in [-0.2, 0) is 34.2 Å². The summed E-state index contributed by atoms with van der Waals surface area (Å²) in [4.78, 5) is 46.9. The van der Waals surface area contributed by atoms with Crippen molar-refractivity contribution in [3.63, 3.8) is 0 Å². The second kappa shape index (κ2) is 12.4. The maximum Gasteiger partial charge on any atom is 0.341 e. The third-order valence-corrected chi connectivity index (χ3v) is 9.31. The molecule has 0 radical (unpaired) electrons. The predicted molar refractivity (Wildman–Crippen MR) is 164 cm³/mol. The van der Waals surface area contributed by atoms with Gasteiger partial charge in [0, 0.05) is 23.7 Å². The molecular weight excluding hydrogens is 558 g/mol. The number of amides is 2. The summed E-state index contributed by atoms with van der Waals surface area (Å²) in [7, 11) is 1.82. The van der Waals surface area contributed by atoms with Gasteiger partial charge in [-0.15, -0.1) is 11.3 Å². The number of ether oxygens (including phenoxy) is 1. The number of nitrogens with one attached hydrogen (secondary N) is 1. The van der Waals surface area contributed by atoms with E-state index in [9.17, 15) is 14.4 Å². The maximum absolute atomic E-state index is 13.5. The molecule has 1 aromatic carbocycles. The van der Waals surface area contributed by atoms with Crippen LogP contribution in [0.4, 0.5) is 10.7 Å². The third-order valence-electron chi connectivity index (χ3n) is 7.20. The summed E-state index contributed by atoms with van der Waals surface area (Å²) in [5, 5.41) is 8.25.